The lowest BCUT2D eigenvalue weighted by Crippen LogP contribution is -2.42. The van der Waals surface area contributed by atoms with Crippen LogP contribution in [0.4, 0.5) is 0 Å². The summed E-state index contributed by atoms with van der Waals surface area (Å²) >= 11 is 0. The van der Waals surface area contributed by atoms with Crippen LogP contribution in [0.1, 0.15) is 39.0 Å². The quantitative estimate of drug-likeness (QED) is 0.604. The number of fused-ring (bicyclic) bond motifs is 1. The Morgan fingerprint density at radius 3 is 2.83 bits per heavy atom. The van der Waals surface area contributed by atoms with E-state index in [0.717, 1.165) is 19.5 Å². The predicted molar refractivity (Wildman–Crippen MR) is 116 cm³/mol. The summed E-state index contributed by atoms with van der Waals surface area (Å²) in [5.41, 5.74) is 0.316. The molecule has 0 saturated carbocycles. The van der Waals surface area contributed by atoms with Gasteiger partial charge in [0.25, 0.3) is 5.56 Å². The van der Waals surface area contributed by atoms with Gasteiger partial charge in [-0.15, -0.1) is 0 Å². The highest BCUT2D eigenvalue weighted by atomic mass is 16.2. The number of nitrogens with one attached hydrogen (secondary N) is 2. The van der Waals surface area contributed by atoms with Crippen molar-refractivity contribution in [2.24, 2.45) is 0 Å². The van der Waals surface area contributed by atoms with Crippen LogP contribution in [0, 0.1) is 0 Å². The van der Waals surface area contributed by atoms with E-state index in [4.69, 9.17) is 0 Å². The lowest BCUT2D eigenvalue weighted by molar-refractivity contribution is -0.126. The van der Waals surface area contributed by atoms with Crippen LogP contribution in [0.5, 0.6) is 0 Å². The Morgan fingerprint density at radius 2 is 2.00 bits per heavy atom. The lowest BCUT2D eigenvalue weighted by atomic mass is 10.00. The molecule has 0 unspecified atom stereocenters. The van der Waals surface area contributed by atoms with E-state index in [1.165, 1.54) is 36.6 Å². The smallest absolute Gasteiger partial charge is 0.261 e. The summed E-state index contributed by atoms with van der Waals surface area (Å²) in [4.78, 5) is 43.2. The van der Waals surface area contributed by atoms with Gasteiger partial charge in [-0.3, -0.25) is 19.0 Å². The second-order valence-corrected chi connectivity index (χ2v) is 7.77. The third kappa shape index (κ3) is 5.89. The van der Waals surface area contributed by atoms with Crippen molar-refractivity contribution in [2.45, 2.75) is 51.6 Å². The fourth-order valence-corrected chi connectivity index (χ4v) is 4.00. The van der Waals surface area contributed by atoms with E-state index in [0.29, 0.717) is 23.5 Å². The number of hydrogen-bond donors (Lipinski definition) is 2. The van der Waals surface area contributed by atoms with Gasteiger partial charge in [-0.2, -0.15) is 0 Å². The molecule has 1 aliphatic heterocycles. The molecule has 1 aliphatic rings. The summed E-state index contributed by atoms with van der Waals surface area (Å²) in [5, 5.41) is 5.88. The summed E-state index contributed by atoms with van der Waals surface area (Å²) in [6.07, 6.45) is 7.26. The molecule has 1 saturated heterocycles. The van der Waals surface area contributed by atoms with E-state index in [9.17, 15) is 14.4 Å². The number of aromatic nitrogens is 2. The summed E-state index contributed by atoms with van der Waals surface area (Å²) in [6.45, 7) is 4.69. The zero-order valence-electron chi connectivity index (χ0n) is 17.6. The number of benzene rings is 1. The van der Waals surface area contributed by atoms with Crippen molar-refractivity contribution < 1.29 is 9.59 Å². The second-order valence-electron chi connectivity index (χ2n) is 7.77. The van der Waals surface area contributed by atoms with Gasteiger partial charge in [-0.05, 0) is 44.4 Å². The van der Waals surface area contributed by atoms with Crippen molar-refractivity contribution in [1.29, 1.82) is 0 Å². The van der Waals surface area contributed by atoms with E-state index in [2.05, 4.69) is 27.4 Å². The molecule has 2 heterocycles. The molecule has 2 amide bonds. The third-order valence-corrected chi connectivity index (χ3v) is 5.66. The van der Waals surface area contributed by atoms with Crippen molar-refractivity contribution in [1.82, 2.24) is 25.1 Å². The highest BCUT2D eigenvalue weighted by Gasteiger charge is 2.19. The largest absolute Gasteiger partial charge is 0.355 e. The van der Waals surface area contributed by atoms with Gasteiger partial charge in [-0.25, -0.2) is 4.98 Å². The minimum absolute atomic E-state index is 0.101. The molecule has 2 aromatic rings. The molecule has 3 rings (SSSR count). The molecule has 8 heteroatoms. The van der Waals surface area contributed by atoms with E-state index in [1.807, 2.05) is 0 Å². The van der Waals surface area contributed by atoms with Crippen LogP contribution in [0.25, 0.3) is 10.9 Å². The predicted octanol–water partition coefficient (Wildman–Crippen LogP) is 1.28. The van der Waals surface area contributed by atoms with Crippen LogP contribution in [0.3, 0.4) is 0 Å². The number of amides is 2. The Kier molecular flexibility index (Phi) is 7.96. The molecule has 162 valence electrons. The average Bonchev–Trinajstić information content (AvgIpc) is 2.77. The maximum absolute atomic E-state index is 12.4. The standard InChI is InChI=1S/C22H31N5O3/c1-2-17-8-5-6-12-26(17)13-7-11-23-20(28)14-24-21(29)15-27-16-25-19-10-4-3-9-18(19)22(27)30/h3-4,9-10,16-17H,2,5-8,11-15H2,1H3,(H,23,28)(H,24,29)/t17-/m1/s1. The molecule has 8 nitrogen and oxygen atoms in total. The van der Waals surface area contributed by atoms with Crippen molar-refractivity contribution in [3.8, 4) is 0 Å². The highest BCUT2D eigenvalue weighted by Crippen LogP contribution is 2.19. The van der Waals surface area contributed by atoms with Crippen molar-refractivity contribution >= 4 is 22.7 Å². The van der Waals surface area contributed by atoms with Gasteiger partial charge in [0.1, 0.15) is 6.54 Å². The van der Waals surface area contributed by atoms with E-state index in [-0.39, 0.29) is 24.6 Å². The molecule has 0 aliphatic carbocycles. The fourth-order valence-electron chi connectivity index (χ4n) is 4.00. The number of likely N-dealkylation sites (tertiary alicyclic amines) is 1. The zero-order valence-corrected chi connectivity index (χ0v) is 17.6. The van der Waals surface area contributed by atoms with E-state index in [1.54, 1.807) is 24.3 Å². The van der Waals surface area contributed by atoms with Crippen LogP contribution in [0.2, 0.25) is 0 Å². The highest BCUT2D eigenvalue weighted by molar-refractivity contribution is 5.84. The minimum atomic E-state index is -0.400. The SMILES string of the molecule is CC[C@@H]1CCCCN1CCCNC(=O)CNC(=O)Cn1cnc2ccccc2c1=O. The molecular weight excluding hydrogens is 382 g/mol. The van der Waals surface area contributed by atoms with Gasteiger partial charge in [0, 0.05) is 19.1 Å². The van der Waals surface area contributed by atoms with Gasteiger partial charge >= 0.3 is 0 Å². The number of hydrogen-bond acceptors (Lipinski definition) is 5. The molecule has 2 N–H and O–H groups in total. The van der Waals surface area contributed by atoms with Gasteiger partial charge in [0.05, 0.1) is 23.8 Å². The molecule has 1 aromatic heterocycles. The number of carbonyl (C=O) groups is 2. The zero-order chi connectivity index (χ0) is 21.3. The van der Waals surface area contributed by atoms with Gasteiger partial charge in [0.15, 0.2) is 0 Å². The Balaban J connectivity index is 1.37. The van der Waals surface area contributed by atoms with Crippen LogP contribution in [-0.2, 0) is 16.1 Å². The first-order chi connectivity index (χ1) is 14.6. The van der Waals surface area contributed by atoms with Gasteiger partial charge in [0.2, 0.25) is 11.8 Å². The van der Waals surface area contributed by atoms with Crippen LogP contribution in [-0.4, -0.2) is 58.5 Å². The molecule has 0 bridgehead atoms. The first-order valence-corrected chi connectivity index (χ1v) is 10.8. The van der Waals surface area contributed by atoms with Gasteiger partial charge < -0.3 is 15.5 Å². The molecule has 0 radical (unpaired) electrons. The molecule has 30 heavy (non-hydrogen) atoms. The summed E-state index contributed by atoms with van der Waals surface area (Å²) in [7, 11) is 0. The van der Waals surface area contributed by atoms with Crippen LogP contribution < -0.4 is 16.2 Å². The molecular formula is C22H31N5O3. The lowest BCUT2D eigenvalue weighted by Gasteiger charge is -2.35. The van der Waals surface area contributed by atoms with E-state index >= 15 is 0 Å². The second kappa shape index (κ2) is 10.9. The maximum atomic E-state index is 12.4. The summed E-state index contributed by atoms with van der Waals surface area (Å²) < 4.78 is 1.25. The summed E-state index contributed by atoms with van der Waals surface area (Å²) in [5.74, 6) is -0.624. The number of piperidine rings is 1. The summed E-state index contributed by atoms with van der Waals surface area (Å²) in [6, 6.07) is 7.66. The Morgan fingerprint density at radius 1 is 1.17 bits per heavy atom. The Labute approximate surface area is 176 Å². The van der Waals surface area contributed by atoms with Crippen molar-refractivity contribution in [2.75, 3.05) is 26.2 Å². The van der Waals surface area contributed by atoms with Crippen LogP contribution >= 0.6 is 0 Å². The molecule has 1 aromatic carbocycles. The average molecular weight is 414 g/mol. The van der Waals surface area contributed by atoms with Crippen LogP contribution in [0.15, 0.2) is 35.4 Å². The van der Waals surface area contributed by atoms with Gasteiger partial charge in [-0.1, -0.05) is 25.5 Å². The molecule has 0 spiro atoms. The topological polar surface area (TPSA) is 96.3 Å². The van der Waals surface area contributed by atoms with E-state index < -0.39 is 5.91 Å². The number of rotatable bonds is 9. The Hall–Kier alpha value is -2.74. The van der Waals surface area contributed by atoms with Crippen molar-refractivity contribution in [3.63, 3.8) is 0 Å². The number of para-hydroxylation sites is 1. The Bertz CT molecular complexity index is 926. The molecule has 1 fully saturated rings. The number of carbonyl (C=O) groups excluding carboxylic acids is 2. The molecule has 1 atom stereocenters. The fraction of sp³-hybridized carbons (Fsp3) is 0.545. The number of nitrogens with zero attached hydrogens (tertiary/aromatic N) is 3. The maximum Gasteiger partial charge on any atom is 0.261 e. The monoisotopic (exact) mass is 413 g/mol. The first kappa shape index (κ1) is 22.0. The normalized spacial score (nSPS) is 17.0. The van der Waals surface area contributed by atoms with Crippen molar-refractivity contribution in [3.05, 3.63) is 40.9 Å². The first-order valence-electron chi connectivity index (χ1n) is 10.8. The minimum Gasteiger partial charge on any atom is -0.355 e. The third-order valence-electron chi connectivity index (χ3n) is 5.66.